The SMILES string of the molecule is CCC1c2cc(Br)c(OC)cc2CCN1C(=O)C(=O)N(C)C(C)(C)CCC#Cc1cccs1. The Morgan fingerprint density at radius 1 is 1.36 bits per heavy atom. The average molecular weight is 532 g/mol. The Morgan fingerprint density at radius 3 is 2.76 bits per heavy atom. The third-order valence-electron chi connectivity index (χ3n) is 6.41. The number of carbonyl (C=O) groups is 2. The molecule has 1 aromatic carbocycles. The van der Waals surface area contributed by atoms with Gasteiger partial charge in [0.05, 0.1) is 22.5 Å². The van der Waals surface area contributed by atoms with Gasteiger partial charge in [-0.3, -0.25) is 9.59 Å². The van der Waals surface area contributed by atoms with E-state index >= 15 is 0 Å². The Kier molecular flexibility index (Phi) is 8.25. The number of thiophene rings is 1. The molecule has 1 aliphatic heterocycles. The number of hydrogen-bond donors (Lipinski definition) is 0. The van der Waals surface area contributed by atoms with Crippen molar-refractivity contribution in [2.75, 3.05) is 20.7 Å². The van der Waals surface area contributed by atoms with Crippen molar-refractivity contribution in [3.05, 3.63) is 50.1 Å². The molecule has 0 radical (unpaired) electrons. The largest absolute Gasteiger partial charge is 0.496 e. The average Bonchev–Trinajstić information content (AvgIpc) is 3.32. The number of methoxy groups -OCH3 is 1. The smallest absolute Gasteiger partial charge is 0.312 e. The van der Waals surface area contributed by atoms with E-state index in [0.29, 0.717) is 25.8 Å². The number of fused-ring (bicyclic) bond motifs is 1. The zero-order valence-corrected chi connectivity index (χ0v) is 22.3. The first-order chi connectivity index (χ1) is 15.7. The second-order valence-corrected chi connectivity index (χ2v) is 10.6. The van der Waals surface area contributed by atoms with Gasteiger partial charge >= 0.3 is 11.8 Å². The van der Waals surface area contributed by atoms with E-state index in [2.05, 4.69) is 27.8 Å². The molecule has 1 atom stereocenters. The minimum atomic E-state index is -0.483. The van der Waals surface area contributed by atoms with Gasteiger partial charge in [-0.25, -0.2) is 0 Å². The van der Waals surface area contributed by atoms with Crippen molar-refractivity contribution in [2.24, 2.45) is 0 Å². The van der Waals surface area contributed by atoms with Gasteiger partial charge in [0.15, 0.2) is 0 Å². The number of hydrogen-bond acceptors (Lipinski definition) is 4. The van der Waals surface area contributed by atoms with Gasteiger partial charge in [0.2, 0.25) is 0 Å². The Balaban J connectivity index is 1.71. The third-order valence-corrected chi connectivity index (χ3v) is 7.81. The molecular formula is C26H31BrN2O3S. The highest BCUT2D eigenvalue weighted by Crippen LogP contribution is 2.38. The minimum Gasteiger partial charge on any atom is -0.496 e. The standard InChI is InChI=1S/C26H31BrN2O3S/c1-6-22-20-17-21(27)23(32-5)16-18(20)12-14-29(22)25(31)24(30)28(4)26(2,3)13-8-7-10-19-11-9-15-33-19/h9,11,15-17,22H,6,8,12-14H2,1-5H3. The van der Waals surface area contributed by atoms with Crippen LogP contribution in [0.5, 0.6) is 5.75 Å². The highest BCUT2D eigenvalue weighted by molar-refractivity contribution is 9.10. The predicted molar refractivity (Wildman–Crippen MR) is 136 cm³/mol. The molecule has 0 aliphatic carbocycles. The van der Waals surface area contributed by atoms with E-state index in [9.17, 15) is 9.59 Å². The summed E-state index contributed by atoms with van der Waals surface area (Å²) in [5, 5.41) is 2.00. The molecule has 1 aliphatic rings. The zero-order valence-electron chi connectivity index (χ0n) is 19.9. The number of ether oxygens (including phenoxy) is 1. The molecule has 0 saturated carbocycles. The molecule has 5 nitrogen and oxygen atoms in total. The van der Waals surface area contributed by atoms with Crippen LogP contribution in [0.4, 0.5) is 0 Å². The molecule has 176 valence electrons. The number of halogens is 1. The van der Waals surface area contributed by atoms with Crippen molar-refractivity contribution >= 4 is 39.1 Å². The van der Waals surface area contributed by atoms with E-state index < -0.39 is 17.4 Å². The maximum atomic E-state index is 13.3. The Hall–Kier alpha value is -2.30. The molecule has 7 heteroatoms. The summed E-state index contributed by atoms with van der Waals surface area (Å²) in [7, 11) is 3.36. The van der Waals surface area contributed by atoms with Crippen LogP contribution in [-0.2, 0) is 16.0 Å². The minimum absolute atomic E-state index is 0.138. The van der Waals surface area contributed by atoms with Gasteiger partial charge in [0.1, 0.15) is 5.75 Å². The second-order valence-electron chi connectivity index (χ2n) is 8.81. The van der Waals surface area contributed by atoms with E-state index in [0.717, 1.165) is 32.6 Å². The van der Waals surface area contributed by atoms with Crippen LogP contribution >= 0.6 is 27.3 Å². The van der Waals surface area contributed by atoms with E-state index in [1.165, 1.54) is 0 Å². The molecule has 1 aromatic heterocycles. The van der Waals surface area contributed by atoms with Gasteiger partial charge in [-0.15, -0.1) is 11.3 Å². The van der Waals surface area contributed by atoms with Crippen molar-refractivity contribution in [1.82, 2.24) is 9.80 Å². The second kappa shape index (κ2) is 10.8. The first-order valence-electron chi connectivity index (χ1n) is 11.2. The summed E-state index contributed by atoms with van der Waals surface area (Å²) in [6.45, 7) is 6.53. The zero-order chi connectivity index (χ0) is 24.2. The summed E-state index contributed by atoms with van der Waals surface area (Å²) in [6.07, 6.45) is 2.77. The molecule has 0 fully saturated rings. The first-order valence-corrected chi connectivity index (χ1v) is 12.8. The van der Waals surface area contributed by atoms with Crippen LogP contribution in [0.1, 0.15) is 62.1 Å². The van der Waals surface area contributed by atoms with Crippen LogP contribution in [0.2, 0.25) is 0 Å². The van der Waals surface area contributed by atoms with E-state index in [4.69, 9.17) is 4.74 Å². The molecule has 1 unspecified atom stereocenters. The summed E-state index contributed by atoms with van der Waals surface area (Å²) in [4.78, 5) is 30.9. The maximum absolute atomic E-state index is 13.3. The molecule has 3 rings (SSSR count). The highest BCUT2D eigenvalue weighted by Gasteiger charge is 2.38. The van der Waals surface area contributed by atoms with Crippen LogP contribution < -0.4 is 4.74 Å². The molecule has 2 heterocycles. The maximum Gasteiger partial charge on any atom is 0.312 e. The lowest BCUT2D eigenvalue weighted by molar-refractivity contribution is -0.155. The van der Waals surface area contributed by atoms with Crippen LogP contribution in [-0.4, -0.2) is 47.9 Å². The van der Waals surface area contributed by atoms with Gasteiger partial charge < -0.3 is 14.5 Å². The van der Waals surface area contributed by atoms with Gasteiger partial charge in [-0.1, -0.05) is 24.8 Å². The fraction of sp³-hybridized carbons (Fsp3) is 0.462. The van der Waals surface area contributed by atoms with Crippen LogP contribution in [0.3, 0.4) is 0 Å². The van der Waals surface area contributed by atoms with Gasteiger partial charge in [0.25, 0.3) is 0 Å². The number of rotatable bonds is 5. The lowest BCUT2D eigenvalue weighted by Gasteiger charge is -2.40. The topological polar surface area (TPSA) is 49.9 Å². The number of benzene rings is 1. The third kappa shape index (κ3) is 5.62. The summed E-state index contributed by atoms with van der Waals surface area (Å²) in [5.74, 6) is 6.20. The van der Waals surface area contributed by atoms with E-state index in [-0.39, 0.29) is 6.04 Å². The molecule has 0 N–H and O–H groups in total. The fourth-order valence-electron chi connectivity index (χ4n) is 4.12. The molecule has 33 heavy (non-hydrogen) atoms. The molecule has 2 aromatic rings. The monoisotopic (exact) mass is 530 g/mol. The van der Waals surface area contributed by atoms with Gasteiger partial charge in [-0.05, 0) is 83.7 Å². The molecular weight excluding hydrogens is 500 g/mol. The van der Waals surface area contributed by atoms with Gasteiger partial charge in [-0.2, -0.15) is 0 Å². The van der Waals surface area contributed by atoms with Crippen molar-refractivity contribution < 1.29 is 14.3 Å². The molecule has 2 amide bonds. The van der Waals surface area contributed by atoms with Gasteiger partial charge in [0, 0.05) is 25.6 Å². The quantitative estimate of drug-likeness (QED) is 0.382. The van der Waals surface area contributed by atoms with E-state index in [1.54, 1.807) is 35.3 Å². The first kappa shape index (κ1) is 25.3. The van der Waals surface area contributed by atoms with Crippen LogP contribution in [0.15, 0.2) is 34.1 Å². The van der Waals surface area contributed by atoms with Crippen LogP contribution in [0, 0.1) is 11.8 Å². The summed E-state index contributed by atoms with van der Waals surface area (Å²) in [6, 6.07) is 7.88. The lowest BCUT2D eigenvalue weighted by atomic mass is 9.90. The number of nitrogens with zero attached hydrogens (tertiary/aromatic N) is 2. The van der Waals surface area contributed by atoms with Crippen LogP contribution in [0.25, 0.3) is 0 Å². The number of carbonyl (C=O) groups excluding carboxylic acids is 2. The van der Waals surface area contributed by atoms with Crippen molar-refractivity contribution in [1.29, 1.82) is 0 Å². The van der Waals surface area contributed by atoms with Crippen molar-refractivity contribution in [3.63, 3.8) is 0 Å². The number of amides is 2. The van der Waals surface area contributed by atoms with Crippen molar-refractivity contribution in [3.8, 4) is 17.6 Å². The van der Waals surface area contributed by atoms with Crippen molar-refractivity contribution in [2.45, 2.75) is 58.0 Å². The predicted octanol–water partition coefficient (Wildman–Crippen LogP) is 5.42. The Morgan fingerprint density at radius 2 is 2.12 bits per heavy atom. The molecule has 0 spiro atoms. The molecule has 0 bridgehead atoms. The Bertz CT molecular complexity index is 1070. The summed E-state index contributed by atoms with van der Waals surface area (Å²) >= 11 is 5.17. The highest BCUT2D eigenvalue weighted by atomic mass is 79.9. The normalized spacial score (nSPS) is 15.3. The summed E-state index contributed by atoms with van der Waals surface area (Å²) in [5.41, 5.74) is 1.75. The van der Waals surface area contributed by atoms with E-state index in [1.807, 2.05) is 50.4 Å². The lowest BCUT2D eigenvalue weighted by Crippen LogP contribution is -2.53. The fourth-order valence-corrected chi connectivity index (χ4v) is 5.23. The summed E-state index contributed by atoms with van der Waals surface area (Å²) < 4.78 is 6.28. The number of likely N-dealkylation sites (N-methyl/N-ethyl adjacent to an activating group) is 1. The molecule has 0 saturated heterocycles. The Labute approximate surface area is 209 Å².